The molecule has 0 bridgehead atoms. The molecule has 4 unspecified atom stereocenters. The van der Waals surface area contributed by atoms with E-state index in [1.165, 1.54) is 0 Å². The van der Waals surface area contributed by atoms with Crippen LogP contribution in [0.5, 0.6) is 0 Å². The molecule has 7 rings (SSSR count). The summed E-state index contributed by atoms with van der Waals surface area (Å²) >= 11 is 2.15. The van der Waals surface area contributed by atoms with Gasteiger partial charge in [-0.3, -0.25) is 31.6 Å². The van der Waals surface area contributed by atoms with E-state index in [-0.39, 0.29) is 33.0 Å². The van der Waals surface area contributed by atoms with Crippen molar-refractivity contribution in [3.05, 3.63) is 148 Å². The summed E-state index contributed by atoms with van der Waals surface area (Å²) in [7, 11) is 0. The van der Waals surface area contributed by atoms with Crippen LogP contribution >= 0.6 is 23.5 Å². The van der Waals surface area contributed by atoms with Crippen molar-refractivity contribution >= 4 is 60.7 Å². The molecule has 4 heterocycles. The smallest absolute Gasteiger partial charge is 0.119 e. The maximum Gasteiger partial charge on any atom is 0.119 e. The maximum atomic E-state index is 8.78. The molecule has 10 heteroatoms. The number of nitrogens with zero attached hydrogens (tertiary/aromatic N) is 4. The Morgan fingerprint density at radius 3 is 2.12 bits per heavy atom. The largest absolute Gasteiger partial charge is 0.296 e. The molecule has 242 valence electrons. The van der Waals surface area contributed by atoms with Crippen LogP contribution < -0.4 is 10.6 Å². The van der Waals surface area contributed by atoms with E-state index in [0.717, 1.165) is 62.8 Å². The van der Waals surface area contributed by atoms with Gasteiger partial charge in [0.15, 0.2) is 0 Å². The molecule has 3 aliphatic rings. The van der Waals surface area contributed by atoms with Gasteiger partial charge in [-0.2, -0.15) is 0 Å². The number of allylic oxidation sites excluding steroid dienone is 8. The first-order valence-electron chi connectivity index (χ1n) is 16.1. The molecule has 2 aliphatic carbocycles. The SMILES string of the molecule is CC1C=CC=CC1c1cccc(C(=N)SC(=N)c2ccc3c4c(ccc3n2)=NC(C(=N)SC(=N)c2cccc(C3C=CC=CC3)n2)CC=4)n1. The molecule has 1 aromatic carbocycles. The van der Waals surface area contributed by atoms with Gasteiger partial charge >= 0.3 is 0 Å². The third-order valence-electron chi connectivity index (χ3n) is 8.80. The standard InChI is InChI=1S/C39H34N8S2/c1-23-9-5-6-12-25(23)29-14-8-16-33(45-29)37(41)49-39(43)35-20-18-27-26-17-19-34(46-30(26)21-22-31(27)47-35)38(42)48-36(40)32-15-7-13-28(44-32)24-10-3-2-4-11-24/h2-10,12-18,20-25,34,40-43H,11,19H2,1H3. The first-order valence-corrected chi connectivity index (χ1v) is 17.8. The average molecular weight is 679 g/mol. The number of pyridine rings is 3. The zero-order valence-corrected chi connectivity index (χ0v) is 28.4. The lowest BCUT2D eigenvalue weighted by molar-refractivity contribution is 0.620. The lowest BCUT2D eigenvalue weighted by Gasteiger charge is -2.20. The molecule has 0 fully saturated rings. The van der Waals surface area contributed by atoms with E-state index >= 15 is 0 Å². The van der Waals surface area contributed by atoms with Gasteiger partial charge in [0.25, 0.3) is 0 Å². The van der Waals surface area contributed by atoms with Crippen molar-refractivity contribution in [2.75, 3.05) is 0 Å². The van der Waals surface area contributed by atoms with Crippen molar-refractivity contribution in [3.8, 4) is 0 Å². The number of nitrogens with one attached hydrogen (secondary N) is 4. The van der Waals surface area contributed by atoms with E-state index in [4.69, 9.17) is 41.6 Å². The fourth-order valence-corrected chi connectivity index (χ4v) is 7.52. The average Bonchev–Trinajstić information content (AvgIpc) is 3.14. The van der Waals surface area contributed by atoms with Crippen molar-refractivity contribution in [1.82, 2.24) is 15.0 Å². The summed E-state index contributed by atoms with van der Waals surface area (Å²) in [6, 6.07) is 18.7. The van der Waals surface area contributed by atoms with Crippen LogP contribution in [0.3, 0.4) is 0 Å². The monoisotopic (exact) mass is 678 g/mol. The van der Waals surface area contributed by atoms with Crippen LogP contribution in [0.15, 0.2) is 114 Å². The zero-order valence-electron chi connectivity index (χ0n) is 26.8. The second kappa shape index (κ2) is 14.2. The minimum Gasteiger partial charge on any atom is -0.296 e. The van der Waals surface area contributed by atoms with E-state index in [9.17, 15) is 0 Å². The quantitative estimate of drug-likeness (QED) is 0.124. The third-order valence-corrected chi connectivity index (χ3v) is 10.5. The summed E-state index contributed by atoms with van der Waals surface area (Å²) in [6.45, 7) is 2.16. The highest BCUT2D eigenvalue weighted by atomic mass is 32.2. The number of aromatic nitrogens is 3. The van der Waals surface area contributed by atoms with E-state index in [0.29, 0.717) is 34.5 Å². The van der Waals surface area contributed by atoms with E-state index in [1.807, 2.05) is 85.0 Å². The molecular weight excluding hydrogens is 645 g/mol. The number of rotatable bonds is 6. The predicted octanol–water partition coefficient (Wildman–Crippen LogP) is 7.46. The van der Waals surface area contributed by atoms with Gasteiger partial charge in [0.1, 0.15) is 21.2 Å². The molecule has 8 nitrogen and oxygen atoms in total. The molecule has 4 aromatic rings. The Hall–Kier alpha value is -5.06. The summed E-state index contributed by atoms with van der Waals surface area (Å²) in [6.07, 6.45) is 20.2. The van der Waals surface area contributed by atoms with Gasteiger partial charge in [0, 0.05) is 33.8 Å². The molecular formula is C39H34N8S2. The zero-order chi connectivity index (χ0) is 33.9. The highest BCUT2D eigenvalue weighted by molar-refractivity contribution is 8.27. The molecule has 4 atom stereocenters. The Balaban J connectivity index is 1.03. The molecule has 0 spiro atoms. The number of thioether (sulfide) groups is 2. The molecule has 0 saturated heterocycles. The number of hydrogen-bond donors (Lipinski definition) is 4. The minimum absolute atomic E-state index is 0.161. The van der Waals surface area contributed by atoms with Gasteiger partial charge in [0.05, 0.1) is 33.0 Å². The topological polar surface area (TPSA) is 146 Å². The van der Waals surface area contributed by atoms with Crippen LogP contribution in [0.1, 0.15) is 60.1 Å². The van der Waals surface area contributed by atoms with Crippen LogP contribution in [0.2, 0.25) is 0 Å². The van der Waals surface area contributed by atoms with Gasteiger partial charge < -0.3 is 0 Å². The van der Waals surface area contributed by atoms with Gasteiger partial charge in [-0.25, -0.2) is 9.97 Å². The number of fused-ring (bicyclic) bond motifs is 3. The van der Waals surface area contributed by atoms with Gasteiger partial charge in [-0.15, -0.1) is 0 Å². The second-order valence-corrected chi connectivity index (χ2v) is 14.2. The molecule has 0 amide bonds. The van der Waals surface area contributed by atoms with Gasteiger partial charge in [-0.1, -0.05) is 85.5 Å². The maximum absolute atomic E-state index is 8.78. The first kappa shape index (κ1) is 32.5. The summed E-state index contributed by atoms with van der Waals surface area (Å²) in [5.74, 6) is 0.685. The fraction of sp³-hybridized carbons (Fsp3) is 0.179. The third kappa shape index (κ3) is 7.06. The van der Waals surface area contributed by atoms with Crippen LogP contribution in [0.25, 0.3) is 17.0 Å². The van der Waals surface area contributed by atoms with Crippen LogP contribution in [-0.2, 0) is 0 Å². The first-order chi connectivity index (χ1) is 23.8. The van der Waals surface area contributed by atoms with Gasteiger partial charge in [-0.05, 0) is 79.1 Å². The van der Waals surface area contributed by atoms with Crippen LogP contribution in [-0.4, -0.2) is 41.2 Å². The summed E-state index contributed by atoms with van der Waals surface area (Å²) in [5.41, 5.74) is 4.18. The lowest BCUT2D eigenvalue weighted by Crippen LogP contribution is -2.34. The highest BCUT2D eigenvalue weighted by Gasteiger charge is 2.22. The summed E-state index contributed by atoms with van der Waals surface area (Å²) in [5, 5.41) is 38.5. The molecule has 4 N–H and O–H groups in total. The molecule has 49 heavy (non-hydrogen) atoms. The van der Waals surface area contributed by atoms with E-state index < -0.39 is 0 Å². The molecule has 3 aromatic heterocycles. The van der Waals surface area contributed by atoms with Crippen molar-refractivity contribution in [3.63, 3.8) is 0 Å². The lowest BCUT2D eigenvalue weighted by atomic mass is 9.87. The predicted molar refractivity (Wildman–Crippen MR) is 203 cm³/mol. The van der Waals surface area contributed by atoms with Crippen molar-refractivity contribution in [2.45, 2.75) is 37.6 Å². The molecule has 0 radical (unpaired) electrons. The highest BCUT2D eigenvalue weighted by Crippen LogP contribution is 2.29. The van der Waals surface area contributed by atoms with Crippen LogP contribution in [0, 0.1) is 27.6 Å². The number of hydrogen-bond acceptors (Lipinski definition) is 10. The second-order valence-electron chi connectivity index (χ2n) is 12.1. The van der Waals surface area contributed by atoms with Crippen molar-refractivity contribution < 1.29 is 0 Å². The normalized spacial score (nSPS) is 20.7. The van der Waals surface area contributed by atoms with E-state index in [2.05, 4.69) is 37.3 Å². The number of benzene rings is 1. The van der Waals surface area contributed by atoms with Crippen LogP contribution in [0.4, 0.5) is 0 Å². The Kier molecular flexibility index (Phi) is 9.41. The summed E-state index contributed by atoms with van der Waals surface area (Å²) < 4.78 is 0. The van der Waals surface area contributed by atoms with E-state index in [1.54, 1.807) is 0 Å². The summed E-state index contributed by atoms with van der Waals surface area (Å²) in [4.78, 5) is 19.1. The Morgan fingerprint density at radius 1 is 0.673 bits per heavy atom. The Morgan fingerprint density at radius 2 is 1.37 bits per heavy atom. The van der Waals surface area contributed by atoms with Gasteiger partial charge in [0.2, 0.25) is 0 Å². The fourth-order valence-electron chi connectivity index (χ4n) is 6.16. The Labute approximate surface area is 293 Å². The Bertz CT molecular complexity index is 2270. The van der Waals surface area contributed by atoms with Crippen molar-refractivity contribution in [2.24, 2.45) is 10.9 Å². The minimum atomic E-state index is -0.381. The van der Waals surface area contributed by atoms with Crippen molar-refractivity contribution in [1.29, 1.82) is 21.6 Å². The molecule has 1 aliphatic heterocycles. The molecule has 0 saturated carbocycles.